The van der Waals surface area contributed by atoms with E-state index >= 15 is 0 Å². The van der Waals surface area contributed by atoms with Gasteiger partial charge in [-0.25, -0.2) is 8.78 Å². The van der Waals surface area contributed by atoms with E-state index < -0.39 is 11.6 Å². The largest absolute Gasteiger partial charge is 0.207 e. The summed E-state index contributed by atoms with van der Waals surface area (Å²) in [5.74, 6) is -0.840. The lowest BCUT2D eigenvalue weighted by Gasteiger charge is -2.15. The van der Waals surface area contributed by atoms with Crippen LogP contribution < -0.4 is 0 Å². The highest BCUT2D eigenvalue weighted by atomic mass is 79.9. The average molecular weight is 360 g/mol. The fourth-order valence-electron chi connectivity index (χ4n) is 2.22. The molecule has 1 atom stereocenters. The summed E-state index contributed by atoms with van der Waals surface area (Å²) in [5, 5.41) is 1.47. The van der Waals surface area contributed by atoms with Crippen molar-refractivity contribution in [3.63, 3.8) is 0 Å². The van der Waals surface area contributed by atoms with Crippen molar-refractivity contribution in [1.82, 2.24) is 0 Å². The normalized spacial score (nSPS) is 12.4. The van der Waals surface area contributed by atoms with Gasteiger partial charge < -0.3 is 0 Å². The van der Waals surface area contributed by atoms with Crippen molar-refractivity contribution in [2.75, 3.05) is 5.33 Å². The first kappa shape index (κ1) is 15.5. The zero-order chi connectivity index (χ0) is 14.5. The fourth-order valence-corrected chi connectivity index (χ4v) is 2.89. The topological polar surface area (TPSA) is 0 Å². The molecule has 1 unspecified atom stereocenters. The van der Waals surface area contributed by atoms with E-state index in [4.69, 9.17) is 11.6 Å². The lowest BCUT2D eigenvalue weighted by Crippen LogP contribution is -2.10. The van der Waals surface area contributed by atoms with E-state index in [2.05, 4.69) is 15.9 Å². The van der Waals surface area contributed by atoms with E-state index in [-0.39, 0.29) is 5.92 Å². The summed E-state index contributed by atoms with van der Waals surface area (Å²) in [6, 6.07) is 11.3. The Morgan fingerprint density at radius 2 is 1.65 bits per heavy atom. The Morgan fingerprint density at radius 1 is 1.00 bits per heavy atom. The highest BCUT2D eigenvalue weighted by Gasteiger charge is 2.12. The van der Waals surface area contributed by atoms with E-state index in [0.717, 1.165) is 28.4 Å². The number of alkyl halides is 1. The molecular formula is C16H14BrClF2. The number of hydrogen-bond acceptors (Lipinski definition) is 0. The molecule has 0 aromatic heterocycles. The van der Waals surface area contributed by atoms with Crippen LogP contribution in [-0.4, -0.2) is 5.33 Å². The number of rotatable bonds is 5. The molecule has 0 saturated carbocycles. The molecule has 0 saturated heterocycles. The first-order valence-corrected chi connectivity index (χ1v) is 7.82. The molecule has 0 aliphatic rings. The molecular weight excluding hydrogens is 346 g/mol. The van der Waals surface area contributed by atoms with E-state index in [9.17, 15) is 8.78 Å². The molecule has 20 heavy (non-hydrogen) atoms. The first-order chi connectivity index (χ1) is 9.58. The minimum absolute atomic E-state index is 0.232. The van der Waals surface area contributed by atoms with E-state index in [1.807, 2.05) is 24.3 Å². The summed E-state index contributed by atoms with van der Waals surface area (Å²) in [5.41, 5.74) is 1.72. The summed E-state index contributed by atoms with van der Waals surface area (Å²) < 4.78 is 26.4. The summed E-state index contributed by atoms with van der Waals surface area (Å²) in [4.78, 5) is 0. The van der Waals surface area contributed by atoms with Gasteiger partial charge in [0.15, 0.2) is 0 Å². The maximum atomic E-state index is 13.2. The maximum Gasteiger partial charge on any atom is 0.126 e. The van der Waals surface area contributed by atoms with E-state index in [1.165, 1.54) is 12.1 Å². The molecule has 106 valence electrons. The molecule has 0 amide bonds. The van der Waals surface area contributed by atoms with Crippen molar-refractivity contribution in [2.45, 2.75) is 12.8 Å². The second-order valence-electron chi connectivity index (χ2n) is 4.80. The van der Waals surface area contributed by atoms with Crippen molar-refractivity contribution in [2.24, 2.45) is 5.92 Å². The molecule has 0 spiro atoms. The Bertz CT molecular complexity index is 566. The van der Waals surface area contributed by atoms with Gasteiger partial charge in [-0.3, -0.25) is 0 Å². The van der Waals surface area contributed by atoms with E-state index in [1.54, 1.807) is 0 Å². The lowest BCUT2D eigenvalue weighted by molar-refractivity contribution is 0.560. The predicted octanol–water partition coefficient (Wildman–Crippen LogP) is 5.41. The molecule has 0 aliphatic heterocycles. The van der Waals surface area contributed by atoms with Crippen LogP contribution in [0.1, 0.15) is 11.1 Å². The van der Waals surface area contributed by atoms with Crippen LogP contribution in [0.2, 0.25) is 5.02 Å². The first-order valence-electron chi connectivity index (χ1n) is 6.33. The third-order valence-corrected chi connectivity index (χ3v) is 4.42. The van der Waals surface area contributed by atoms with Crippen molar-refractivity contribution < 1.29 is 8.78 Å². The Labute approximate surface area is 130 Å². The zero-order valence-corrected chi connectivity index (χ0v) is 13.1. The van der Waals surface area contributed by atoms with Crippen molar-refractivity contribution in [1.29, 1.82) is 0 Å². The third-order valence-electron chi connectivity index (χ3n) is 3.13. The minimum Gasteiger partial charge on any atom is -0.207 e. The van der Waals surface area contributed by atoms with Gasteiger partial charge in [-0.1, -0.05) is 45.7 Å². The Hall–Kier alpha value is -0.930. The number of hydrogen-bond donors (Lipinski definition) is 0. The van der Waals surface area contributed by atoms with Crippen LogP contribution in [0, 0.1) is 17.6 Å². The van der Waals surface area contributed by atoms with Crippen LogP contribution >= 0.6 is 27.5 Å². The van der Waals surface area contributed by atoms with Gasteiger partial charge in [-0.15, -0.1) is 0 Å². The minimum atomic E-state index is -0.536. The molecule has 0 radical (unpaired) electrons. The van der Waals surface area contributed by atoms with Crippen molar-refractivity contribution in [3.8, 4) is 0 Å². The second-order valence-corrected chi connectivity index (χ2v) is 5.85. The van der Waals surface area contributed by atoms with Gasteiger partial charge in [0, 0.05) is 16.4 Å². The Kier molecular flexibility index (Phi) is 5.55. The molecule has 0 bridgehead atoms. The monoisotopic (exact) mass is 358 g/mol. The zero-order valence-electron chi connectivity index (χ0n) is 10.8. The van der Waals surface area contributed by atoms with Crippen molar-refractivity contribution in [3.05, 3.63) is 70.2 Å². The summed E-state index contributed by atoms with van der Waals surface area (Å²) >= 11 is 9.61. The summed E-state index contributed by atoms with van der Waals surface area (Å²) in [7, 11) is 0. The quantitative estimate of drug-likeness (QED) is 0.626. The highest BCUT2D eigenvalue weighted by molar-refractivity contribution is 9.09. The predicted molar refractivity (Wildman–Crippen MR) is 82.5 cm³/mol. The molecule has 0 fully saturated rings. The number of benzene rings is 2. The van der Waals surface area contributed by atoms with Crippen LogP contribution in [0.15, 0.2) is 42.5 Å². The van der Waals surface area contributed by atoms with Gasteiger partial charge in [0.2, 0.25) is 0 Å². The maximum absolute atomic E-state index is 13.2. The Balaban J connectivity index is 2.11. The summed E-state index contributed by atoms with van der Waals surface area (Å²) in [6.07, 6.45) is 1.37. The second kappa shape index (κ2) is 7.19. The van der Waals surface area contributed by atoms with E-state index in [0.29, 0.717) is 12.0 Å². The molecule has 0 N–H and O–H groups in total. The van der Waals surface area contributed by atoms with Crippen LogP contribution in [0.3, 0.4) is 0 Å². The molecule has 0 aliphatic carbocycles. The Morgan fingerprint density at radius 3 is 2.25 bits per heavy atom. The van der Waals surface area contributed by atoms with Crippen LogP contribution in [0.5, 0.6) is 0 Å². The molecule has 2 aromatic carbocycles. The lowest BCUT2D eigenvalue weighted by atomic mass is 9.94. The fraction of sp³-hybridized carbons (Fsp3) is 0.250. The van der Waals surface area contributed by atoms with Crippen LogP contribution in [-0.2, 0) is 12.8 Å². The standard InChI is InChI=1S/C16H14BrClF2/c17-10-12(6-13-3-1-2-4-16(13)18)5-11-7-14(19)9-15(20)8-11/h1-4,7-9,12H,5-6,10H2. The van der Waals surface area contributed by atoms with Gasteiger partial charge in [-0.2, -0.15) is 0 Å². The van der Waals surface area contributed by atoms with Gasteiger partial charge in [-0.05, 0) is 48.1 Å². The SMILES string of the molecule is Fc1cc(F)cc(CC(CBr)Cc2ccccc2Cl)c1. The highest BCUT2D eigenvalue weighted by Crippen LogP contribution is 2.23. The molecule has 4 heteroatoms. The smallest absolute Gasteiger partial charge is 0.126 e. The molecule has 0 heterocycles. The third kappa shape index (κ3) is 4.29. The molecule has 2 rings (SSSR count). The van der Waals surface area contributed by atoms with Gasteiger partial charge in [0.25, 0.3) is 0 Å². The van der Waals surface area contributed by atoms with Gasteiger partial charge in [0.05, 0.1) is 0 Å². The van der Waals surface area contributed by atoms with Crippen LogP contribution in [0.4, 0.5) is 8.78 Å². The van der Waals surface area contributed by atoms with Crippen LogP contribution in [0.25, 0.3) is 0 Å². The van der Waals surface area contributed by atoms with Gasteiger partial charge in [0.1, 0.15) is 11.6 Å². The molecule has 2 aromatic rings. The average Bonchev–Trinajstić information content (AvgIpc) is 2.39. The van der Waals surface area contributed by atoms with Crippen molar-refractivity contribution >= 4 is 27.5 Å². The van der Waals surface area contributed by atoms with Gasteiger partial charge >= 0.3 is 0 Å². The number of halogens is 4. The summed E-state index contributed by atoms with van der Waals surface area (Å²) in [6.45, 7) is 0. The molecule has 0 nitrogen and oxygen atoms in total.